The number of rotatable bonds is 5. The molecule has 0 aliphatic carbocycles. The van der Waals surface area contributed by atoms with Gasteiger partial charge >= 0.3 is 0 Å². The lowest BCUT2D eigenvalue weighted by Gasteiger charge is -2.34. The molecule has 0 spiro atoms. The van der Waals surface area contributed by atoms with Gasteiger partial charge in [-0.2, -0.15) is 0 Å². The Morgan fingerprint density at radius 3 is 2.26 bits per heavy atom. The molecule has 9 nitrogen and oxygen atoms in total. The summed E-state index contributed by atoms with van der Waals surface area (Å²) in [5, 5.41) is 0. The Balaban J connectivity index is 1.48. The van der Waals surface area contributed by atoms with Crippen LogP contribution in [0.3, 0.4) is 0 Å². The molecule has 2 heterocycles. The van der Waals surface area contributed by atoms with E-state index in [1.807, 2.05) is 13.0 Å². The quantitative estimate of drug-likeness (QED) is 0.602. The molecule has 0 radical (unpaired) electrons. The average Bonchev–Trinajstić information content (AvgIpc) is 2.84. The van der Waals surface area contributed by atoms with E-state index in [1.54, 1.807) is 41.0 Å². The Labute approximate surface area is 198 Å². The Kier molecular flexibility index (Phi) is 6.60. The van der Waals surface area contributed by atoms with E-state index in [9.17, 15) is 18.0 Å². The molecule has 3 aromatic rings. The first-order valence-electron chi connectivity index (χ1n) is 10.8. The molecule has 1 aromatic heterocycles. The Morgan fingerprint density at radius 2 is 1.62 bits per heavy atom. The SMILES string of the molecule is Cc1cccc(NS(=O)(=O)c2ccc(C)c(C(=O)N3CCN(C(=O)c4cnccn4)CC3)c2)c1. The number of nitrogens with one attached hydrogen (secondary N) is 1. The van der Waals surface area contributed by atoms with E-state index in [0.29, 0.717) is 43.0 Å². The number of anilines is 1. The van der Waals surface area contributed by atoms with Crippen molar-refractivity contribution in [1.29, 1.82) is 0 Å². The predicted molar refractivity (Wildman–Crippen MR) is 127 cm³/mol. The van der Waals surface area contributed by atoms with E-state index in [2.05, 4.69) is 14.7 Å². The third-order valence-corrected chi connectivity index (χ3v) is 7.04. The van der Waals surface area contributed by atoms with E-state index >= 15 is 0 Å². The first kappa shape index (κ1) is 23.4. The fourth-order valence-electron chi connectivity index (χ4n) is 3.78. The van der Waals surface area contributed by atoms with Crippen LogP contribution in [0.5, 0.6) is 0 Å². The summed E-state index contributed by atoms with van der Waals surface area (Å²) in [7, 11) is -3.87. The Morgan fingerprint density at radius 1 is 0.912 bits per heavy atom. The molecule has 2 aromatic carbocycles. The van der Waals surface area contributed by atoms with Gasteiger partial charge < -0.3 is 9.80 Å². The van der Waals surface area contributed by atoms with Gasteiger partial charge in [0.25, 0.3) is 21.8 Å². The number of carbonyl (C=O) groups excluding carboxylic acids is 2. The van der Waals surface area contributed by atoms with Gasteiger partial charge in [0.1, 0.15) is 5.69 Å². The van der Waals surface area contributed by atoms with Gasteiger partial charge in [-0.1, -0.05) is 18.2 Å². The van der Waals surface area contributed by atoms with Crippen molar-refractivity contribution in [2.75, 3.05) is 30.9 Å². The Bertz CT molecular complexity index is 1320. The lowest BCUT2D eigenvalue weighted by molar-refractivity contribution is 0.0531. The maximum Gasteiger partial charge on any atom is 0.274 e. The summed E-state index contributed by atoms with van der Waals surface area (Å²) in [6, 6.07) is 11.6. The molecular weight excluding hydrogens is 454 g/mol. The summed E-state index contributed by atoms with van der Waals surface area (Å²) in [4.78, 5) is 37.0. The fraction of sp³-hybridized carbons (Fsp3) is 0.250. The first-order chi connectivity index (χ1) is 16.2. The van der Waals surface area contributed by atoms with Crippen LogP contribution in [0.15, 0.2) is 66.0 Å². The first-order valence-corrected chi connectivity index (χ1v) is 12.3. The summed E-state index contributed by atoms with van der Waals surface area (Å²) in [5.74, 6) is -0.497. The zero-order valence-corrected chi connectivity index (χ0v) is 19.7. The molecule has 1 aliphatic heterocycles. The second-order valence-electron chi connectivity index (χ2n) is 8.13. The third kappa shape index (κ3) is 5.07. The molecule has 1 fully saturated rings. The Hall–Kier alpha value is -3.79. The summed E-state index contributed by atoms with van der Waals surface area (Å²) in [5.41, 5.74) is 2.64. The maximum absolute atomic E-state index is 13.2. The summed E-state index contributed by atoms with van der Waals surface area (Å²) in [6.07, 6.45) is 4.38. The minimum absolute atomic E-state index is 0.0134. The summed E-state index contributed by atoms with van der Waals surface area (Å²) in [6.45, 7) is 5.03. The fourth-order valence-corrected chi connectivity index (χ4v) is 4.85. The molecule has 0 atom stereocenters. The molecule has 1 saturated heterocycles. The third-order valence-electron chi connectivity index (χ3n) is 5.66. The van der Waals surface area contributed by atoms with E-state index < -0.39 is 10.0 Å². The molecule has 0 unspecified atom stereocenters. The van der Waals surface area contributed by atoms with E-state index in [4.69, 9.17) is 0 Å². The number of hydrogen-bond donors (Lipinski definition) is 1. The maximum atomic E-state index is 13.2. The average molecular weight is 480 g/mol. The van der Waals surface area contributed by atoms with Crippen molar-refractivity contribution in [3.8, 4) is 0 Å². The number of aryl methyl sites for hydroxylation is 2. The van der Waals surface area contributed by atoms with Crippen molar-refractivity contribution in [1.82, 2.24) is 19.8 Å². The van der Waals surface area contributed by atoms with Gasteiger partial charge in [0.2, 0.25) is 0 Å². The van der Waals surface area contributed by atoms with Crippen molar-refractivity contribution in [2.45, 2.75) is 18.7 Å². The van der Waals surface area contributed by atoms with Gasteiger partial charge in [-0.15, -0.1) is 0 Å². The molecule has 2 amide bonds. The lowest BCUT2D eigenvalue weighted by Crippen LogP contribution is -2.50. The molecule has 1 N–H and O–H groups in total. The smallest absolute Gasteiger partial charge is 0.274 e. The van der Waals surface area contributed by atoms with E-state index in [-0.39, 0.29) is 22.4 Å². The van der Waals surface area contributed by atoms with Gasteiger partial charge in [-0.05, 0) is 49.2 Å². The normalized spacial score (nSPS) is 14.1. The highest BCUT2D eigenvalue weighted by molar-refractivity contribution is 7.92. The minimum atomic E-state index is -3.87. The number of aromatic nitrogens is 2. The van der Waals surface area contributed by atoms with Crippen LogP contribution < -0.4 is 4.72 Å². The van der Waals surface area contributed by atoms with E-state index in [0.717, 1.165) is 5.56 Å². The standard InChI is InChI=1S/C24H25N5O4S/c1-17-4-3-5-19(14-17)27-34(32,33)20-7-6-18(2)21(15-20)23(30)28-10-12-29(13-11-28)24(31)22-16-25-8-9-26-22/h3-9,14-16,27H,10-13H2,1-2H3. The van der Waals surface area contributed by atoms with Crippen LogP contribution in [0.4, 0.5) is 5.69 Å². The van der Waals surface area contributed by atoms with Gasteiger partial charge in [0, 0.05) is 49.8 Å². The molecule has 1 aliphatic rings. The topological polar surface area (TPSA) is 113 Å². The van der Waals surface area contributed by atoms with Gasteiger partial charge in [0.15, 0.2) is 0 Å². The molecule has 34 heavy (non-hydrogen) atoms. The van der Waals surface area contributed by atoms with E-state index in [1.165, 1.54) is 30.7 Å². The lowest BCUT2D eigenvalue weighted by atomic mass is 10.1. The van der Waals surface area contributed by atoms with Gasteiger partial charge in [0.05, 0.1) is 11.1 Å². The van der Waals surface area contributed by atoms with Crippen molar-refractivity contribution < 1.29 is 18.0 Å². The van der Waals surface area contributed by atoms with Crippen LogP contribution in [-0.2, 0) is 10.0 Å². The number of hydrogen-bond acceptors (Lipinski definition) is 6. The number of nitrogens with zero attached hydrogens (tertiary/aromatic N) is 4. The van der Waals surface area contributed by atoms with Crippen molar-refractivity contribution in [3.63, 3.8) is 0 Å². The number of benzene rings is 2. The van der Waals surface area contributed by atoms with Crippen LogP contribution >= 0.6 is 0 Å². The highest BCUT2D eigenvalue weighted by Gasteiger charge is 2.27. The second kappa shape index (κ2) is 9.60. The molecular formula is C24H25N5O4S. The number of amides is 2. The number of carbonyl (C=O) groups is 2. The highest BCUT2D eigenvalue weighted by atomic mass is 32.2. The number of piperazine rings is 1. The monoisotopic (exact) mass is 479 g/mol. The predicted octanol–water partition coefficient (Wildman–Crippen LogP) is 2.49. The van der Waals surface area contributed by atoms with Gasteiger partial charge in [-0.3, -0.25) is 19.3 Å². The highest BCUT2D eigenvalue weighted by Crippen LogP contribution is 2.22. The molecule has 0 bridgehead atoms. The zero-order chi connectivity index (χ0) is 24.3. The van der Waals surface area contributed by atoms with Gasteiger partial charge in [-0.25, -0.2) is 13.4 Å². The van der Waals surface area contributed by atoms with Crippen LogP contribution in [-0.4, -0.2) is 66.2 Å². The molecule has 0 saturated carbocycles. The van der Waals surface area contributed by atoms with Crippen molar-refractivity contribution in [2.24, 2.45) is 0 Å². The summed E-state index contributed by atoms with van der Waals surface area (Å²) >= 11 is 0. The summed E-state index contributed by atoms with van der Waals surface area (Å²) < 4.78 is 28.4. The second-order valence-corrected chi connectivity index (χ2v) is 9.81. The van der Waals surface area contributed by atoms with Crippen LogP contribution in [0.2, 0.25) is 0 Å². The zero-order valence-electron chi connectivity index (χ0n) is 18.9. The molecule has 4 rings (SSSR count). The molecule has 10 heteroatoms. The van der Waals surface area contributed by atoms with Crippen LogP contribution in [0.25, 0.3) is 0 Å². The van der Waals surface area contributed by atoms with Crippen LogP contribution in [0.1, 0.15) is 32.0 Å². The van der Waals surface area contributed by atoms with Crippen LogP contribution in [0, 0.1) is 13.8 Å². The largest absolute Gasteiger partial charge is 0.335 e. The number of sulfonamides is 1. The van der Waals surface area contributed by atoms with Crippen molar-refractivity contribution >= 4 is 27.5 Å². The minimum Gasteiger partial charge on any atom is -0.335 e. The van der Waals surface area contributed by atoms with Crippen molar-refractivity contribution in [3.05, 3.63) is 83.4 Å². The molecule has 176 valence electrons.